The number of piperidine rings is 1. The molecule has 3 nitrogen and oxygen atoms in total. The lowest BCUT2D eigenvalue weighted by atomic mass is 9.92. The van der Waals surface area contributed by atoms with E-state index in [2.05, 4.69) is 11.8 Å². The van der Waals surface area contributed by atoms with Gasteiger partial charge in [0.15, 0.2) is 0 Å². The van der Waals surface area contributed by atoms with Crippen LogP contribution in [0.15, 0.2) is 0 Å². The molecule has 2 aliphatic rings. The van der Waals surface area contributed by atoms with Crippen molar-refractivity contribution in [1.82, 2.24) is 9.91 Å². The van der Waals surface area contributed by atoms with Crippen molar-refractivity contribution in [2.45, 2.75) is 25.8 Å². The molecular weight excluding hydrogens is 150 g/mol. The largest absolute Gasteiger partial charge is 0.299 e. The highest BCUT2D eigenvalue weighted by atomic mass is 15.4. The molecule has 0 spiro atoms. The van der Waals surface area contributed by atoms with E-state index in [4.69, 9.17) is 5.84 Å². The van der Waals surface area contributed by atoms with Gasteiger partial charge in [-0.25, -0.2) is 5.01 Å². The van der Waals surface area contributed by atoms with Gasteiger partial charge in [-0.3, -0.25) is 10.7 Å². The molecule has 0 amide bonds. The van der Waals surface area contributed by atoms with Gasteiger partial charge in [0.05, 0.1) is 0 Å². The van der Waals surface area contributed by atoms with Crippen molar-refractivity contribution < 1.29 is 0 Å². The standard InChI is InChI=1S/C9H19N3/c1-2-11-5-3-4-8-6-12(10)7-9(8)11/h8-9H,2-7,10H2,1H3. The van der Waals surface area contributed by atoms with Crippen LogP contribution < -0.4 is 5.84 Å². The van der Waals surface area contributed by atoms with Gasteiger partial charge in [-0.2, -0.15) is 0 Å². The highest BCUT2D eigenvalue weighted by molar-refractivity contribution is 4.91. The van der Waals surface area contributed by atoms with Gasteiger partial charge >= 0.3 is 0 Å². The Hall–Kier alpha value is -0.120. The predicted octanol–water partition coefficient (Wildman–Crippen LogP) is 0.276. The molecule has 0 saturated carbocycles. The van der Waals surface area contributed by atoms with Crippen molar-refractivity contribution in [2.24, 2.45) is 11.8 Å². The fourth-order valence-corrected chi connectivity index (χ4v) is 2.70. The van der Waals surface area contributed by atoms with Crippen molar-refractivity contribution in [3.8, 4) is 0 Å². The van der Waals surface area contributed by atoms with Gasteiger partial charge in [-0.1, -0.05) is 6.92 Å². The zero-order chi connectivity index (χ0) is 8.55. The lowest BCUT2D eigenvalue weighted by Crippen LogP contribution is -2.45. The third-order valence-electron chi connectivity index (χ3n) is 3.33. The topological polar surface area (TPSA) is 32.5 Å². The molecule has 0 aromatic carbocycles. The average Bonchev–Trinajstić information content (AvgIpc) is 2.44. The summed E-state index contributed by atoms with van der Waals surface area (Å²) >= 11 is 0. The smallest absolute Gasteiger partial charge is 0.0288 e. The Morgan fingerprint density at radius 3 is 3.00 bits per heavy atom. The molecule has 0 radical (unpaired) electrons. The highest BCUT2D eigenvalue weighted by Crippen LogP contribution is 2.28. The van der Waals surface area contributed by atoms with Crippen LogP contribution in [0.5, 0.6) is 0 Å². The molecule has 0 aliphatic carbocycles. The van der Waals surface area contributed by atoms with Crippen LogP contribution in [-0.2, 0) is 0 Å². The van der Waals surface area contributed by atoms with E-state index in [9.17, 15) is 0 Å². The van der Waals surface area contributed by atoms with E-state index in [1.54, 1.807) is 0 Å². The molecule has 2 aliphatic heterocycles. The van der Waals surface area contributed by atoms with E-state index < -0.39 is 0 Å². The summed E-state index contributed by atoms with van der Waals surface area (Å²) in [7, 11) is 0. The number of nitrogens with zero attached hydrogens (tertiary/aromatic N) is 2. The predicted molar refractivity (Wildman–Crippen MR) is 49.5 cm³/mol. The lowest BCUT2D eigenvalue weighted by molar-refractivity contribution is 0.130. The monoisotopic (exact) mass is 169 g/mol. The normalized spacial score (nSPS) is 38.5. The first-order valence-electron chi connectivity index (χ1n) is 5.05. The Labute approximate surface area is 74.5 Å². The van der Waals surface area contributed by atoms with Crippen molar-refractivity contribution >= 4 is 0 Å². The number of nitrogens with two attached hydrogens (primary N) is 1. The number of rotatable bonds is 1. The Kier molecular flexibility index (Phi) is 2.35. The molecule has 2 saturated heterocycles. The molecule has 3 heteroatoms. The second kappa shape index (κ2) is 3.32. The van der Waals surface area contributed by atoms with Crippen molar-refractivity contribution in [2.75, 3.05) is 26.2 Å². The van der Waals surface area contributed by atoms with E-state index in [-0.39, 0.29) is 0 Å². The van der Waals surface area contributed by atoms with E-state index in [1.165, 1.54) is 25.9 Å². The van der Waals surface area contributed by atoms with Gasteiger partial charge in [0, 0.05) is 19.1 Å². The third kappa shape index (κ3) is 1.37. The van der Waals surface area contributed by atoms with Crippen LogP contribution in [-0.4, -0.2) is 42.1 Å². The van der Waals surface area contributed by atoms with E-state index in [0.29, 0.717) is 0 Å². The maximum absolute atomic E-state index is 5.82. The Morgan fingerprint density at radius 2 is 2.25 bits per heavy atom. The summed E-state index contributed by atoms with van der Waals surface area (Å²) < 4.78 is 0. The summed E-state index contributed by atoms with van der Waals surface area (Å²) in [6.07, 6.45) is 2.75. The van der Waals surface area contributed by atoms with E-state index >= 15 is 0 Å². The zero-order valence-electron chi connectivity index (χ0n) is 7.87. The summed E-state index contributed by atoms with van der Waals surface area (Å²) in [5.74, 6) is 6.67. The number of fused-ring (bicyclic) bond motifs is 1. The second-order valence-electron chi connectivity index (χ2n) is 4.05. The molecule has 2 fully saturated rings. The zero-order valence-corrected chi connectivity index (χ0v) is 7.87. The first-order valence-corrected chi connectivity index (χ1v) is 5.05. The second-order valence-corrected chi connectivity index (χ2v) is 4.05. The molecule has 0 bridgehead atoms. The van der Waals surface area contributed by atoms with Gasteiger partial charge in [0.25, 0.3) is 0 Å². The molecule has 2 N–H and O–H groups in total. The first-order chi connectivity index (χ1) is 5.81. The van der Waals surface area contributed by atoms with Crippen LogP contribution in [0.25, 0.3) is 0 Å². The molecule has 2 rings (SSSR count). The van der Waals surface area contributed by atoms with Crippen LogP contribution in [0, 0.1) is 5.92 Å². The van der Waals surface area contributed by atoms with Gasteiger partial charge in [0.2, 0.25) is 0 Å². The highest BCUT2D eigenvalue weighted by Gasteiger charge is 2.36. The first kappa shape index (κ1) is 8.48. The van der Waals surface area contributed by atoms with Gasteiger partial charge in [0.1, 0.15) is 0 Å². The van der Waals surface area contributed by atoms with Crippen molar-refractivity contribution in [1.29, 1.82) is 0 Å². The number of likely N-dealkylation sites (tertiary alicyclic amines) is 1. The Balaban J connectivity index is 2.02. The fraction of sp³-hybridized carbons (Fsp3) is 1.00. The molecule has 0 aromatic heterocycles. The molecular formula is C9H19N3. The van der Waals surface area contributed by atoms with Gasteiger partial charge < -0.3 is 0 Å². The van der Waals surface area contributed by atoms with Crippen LogP contribution >= 0.6 is 0 Å². The molecule has 2 unspecified atom stereocenters. The van der Waals surface area contributed by atoms with Crippen molar-refractivity contribution in [3.05, 3.63) is 0 Å². The fourth-order valence-electron chi connectivity index (χ4n) is 2.70. The average molecular weight is 169 g/mol. The molecule has 2 atom stereocenters. The number of likely N-dealkylation sites (N-methyl/N-ethyl adjacent to an activating group) is 1. The minimum Gasteiger partial charge on any atom is -0.299 e. The summed E-state index contributed by atoms with van der Waals surface area (Å²) in [5.41, 5.74) is 0. The molecule has 2 heterocycles. The van der Waals surface area contributed by atoms with Crippen molar-refractivity contribution in [3.63, 3.8) is 0 Å². The Morgan fingerprint density at radius 1 is 1.42 bits per heavy atom. The molecule has 70 valence electrons. The molecule has 12 heavy (non-hydrogen) atoms. The number of hydrogen-bond acceptors (Lipinski definition) is 3. The lowest BCUT2D eigenvalue weighted by Gasteiger charge is -2.35. The maximum Gasteiger partial charge on any atom is 0.0288 e. The minimum absolute atomic E-state index is 0.758. The molecule has 0 aromatic rings. The summed E-state index contributed by atoms with van der Waals surface area (Å²) in [4.78, 5) is 2.58. The summed E-state index contributed by atoms with van der Waals surface area (Å²) in [6, 6.07) is 0.758. The third-order valence-corrected chi connectivity index (χ3v) is 3.33. The minimum atomic E-state index is 0.758. The van der Waals surface area contributed by atoms with Gasteiger partial charge in [-0.05, 0) is 31.8 Å². The van der Waals surface area contributed by atoms with Crippen LogP contribution in [0.3, 0.4) is 0 Å². The SMILES string of the molecule is CCN1CCCC2CN(N)CC21. The van der Waals surface area contributed by atoms with Crippen LogP contribution in [0.4, 0.5) is 0 Å². The number of hydrazine groups is 1. The van der Waals surface area contributed by atoms with E-state index in [1.807, 2.05) is 5.01 Å². The quantitative estimate of drug-likeness (QED) is 0.572. The van der Waals surface area contributed by atoms with Crippen LogP contribution in [0.1, 0.15) is 19.8 Å². The van der Waals surface area contributed by atoms with Crippen LogP contribution in [0.2, 0.25) is 0 Å². The summed E-state index contributed by atoms with van der Waals surface area (Å²) in [5, 5.41) is 1.99. The maximum atomic E-state index is 5.82. The van der Waals surface area contributed by atoms with E-state index in [0.717, 1.165) is 25.0 Å². The van der Waals surface area contributed by atoms with Gasteiger partial charge in [-0.15, -0.1) is 0 Å². The summed E-state index contributed by atoms with van der Waals surface area (Å²) in [6.45, 7) is 6.92. The number of hydrogen-bond donors (Lipinski definition) is 1. The Bertz CT molecular complexity index is 154.